The first-order chi connectivity index (χ1) is 12.1. The van der Waals surface area contributed by atoms with Gasteiger partial charge in [-0.1, -0.05) is 30.4 Å². The topological polar surface area (TPSA) is 51.1 Å². The number of benzene rings is 2. The maximum Gasteiger partial charge on any atom is 0.150 e. The van der Waals surface area contributed by atoms with Gasteiger partial charge in [0.05, 0.1) is 24.6 Å². The van der Waals surface area contributed by atoms with Gasteiger partial charge in [-0.05, 0) is 48.2 Å². The van der Waals surface area contributed by atoms with Gasteiger partial charge in [-0.2, -0.15) is 5.10 Å². The summed E-state index contributed by atoms with van der Waals surface area (Å²) in [5.41, 5.74) is 1.81. The van der Waals surface area contributed by atoms with Gasteiger partial charge in [0, 0.05) is 5.30 Å². The largest absolute Gasteiger partial charge is 0.497 e. The summed E-state index contributed by atoms with van der Waals surface area (Å²) in [6, 6.07) is 17.7. The fraction of sp³-hybridized carbons (Fsp3) is 0.0588. The Kier molecular flexibility index (Phi) is 4.07. The lowest BCUT2D eigenvalue weighted by atomic mass is 10.3. The number of methoxy groups -OCH3 is 1. The smallest absolute Gasteiger partial charge is 0.150 e. The zero-order valence-corrected chi connectivity index (χ0v) is 15.9. The third-order valence-corrected chi connectivity index (χ3v) is 7.72. The molecule has 0 aliphatic carbocycles. The Labute approximate surface area is 156 Å². The lowest BCUT2D eigenvalue weighted by Gasteiger charge is -2.31. The monoisotopic (exact) mass is 386 g/mol. The molecule has 0 spiro atoms. The van der Waals surface area contributed by atoms with Crippen LogP contribution in [0.2, 0.25) is 0 Å². The molecule has 1 unspecified atom stereocenters. The highest BCUT2D eigenvalue weighted by Crippen LogP contribution is 2.46. The SMILES string of the molecule is COc1ccc(P2(=S)NC(=S)c3cnn(-c4ccccc4)c3N2)cc1. The van der Waals surface area contributed by atoms with E-state index in [1.807, 2.05) is 59.3 Å². The number of hydrogen-bond acceptors (Lipinski definition) is 4. The number of rotatable bonds is 3. The van der Waals surface area contributed by atoms with Gasteiger partial charge in [-0.15, -0.1) is 0 Å². The van der Waals surface area contributed by atoms with Gasteiger partial charge in [0.25, 0.3) is 0 Å². The molecule has 1 aromatic heterocycles. The molecule has 5 nitrogen and oxygen atoms in total. The molecule has 1 aliphatic heterocycles. The van der Waals surface area contributed by atoms with Crippen molar-refractivity contribution < 1.29 is 4.74 Å². The summed E-state index contributed by atoms with van der Waals surface area (Å²) in [7, 11) is 1.64. The summed E-state index contributed by atoms with van der Waals surface area (Å²) >= 11 is 11.5. The molecule has 0 bridgehead atoms. The third kappa shape index (κ3) is 2.84. The number of thiocarbonyl (C=S) groups is 1. The molecule has 25 heavy (non-hydrogen) atoms. The van der Waals surface area contributed by atoms with Crippen LogP contribution in [0.4, 0.5) is 5.82 Å². The molecule has 0 saturated heterocycles. The molecule has 2 aromatic carbocycles. The summed E-state index contributed by atoms with van der Waals surface area (Å²) in [6.07, 6.45) is -0.562. The predicted octanol–water partition coefficient (Wildman–Crippen LogP) is 3.21. The van der Waals surface area contributed by atoms with E-state index in [0.29, 0.717) is 4.99 Å². The van der Waals surface area contributed by atoms with Crippen LogP contribution in [0.5, 0.6) is 5.75 Å². The van der Waals surface area contributed by atoms with Crippen molar-refractivity contribution in [1.29, 1.82) is 0 Å². The molecule has 2 N–H and O–H groups in total. The number of fused-ring (bicyclic) bond motifs is 1. The van der Waals surface area contributed by atoms with E-state index < -0.39 is 6.34 Å². The average molecular weight is 386 g/mol. The molecule has 8 heteroatoms. The van der Waals surface area contributed by atoms with Gasteiger partial charge in [0.2, 0.25) is 0 Å². The van der Waals surface area contributed by atoms with E-state index in [1.165, 1.54) is 0 Å². The quantitative estimate of drug-likeness (QED) is 0.533. The Morgan fingerprint density at radius 1 is 1.04 bits per heavy atom. The van der Waals surface area contributed by atoms with Crippen LogP contribution in [0.25, 0.3) is 5.69 Å². The fourth-order valence-corrected chi connectivity index (χ4v) is 6.12. The maximum atomic E-state index is 5.95. The molecule has 0 saturated carbocycles. The lowest BCUT2D eigenvalue weighted by Crippen LogP contribution is -2.34. The van der Waals surface area contributed by atoms with Crippen molar-refractivity contribution in [2.75, 3.05) is 12.2 Å². The van der Waals surface area contributed by atoms with E-state index in [-0.39, 0.29) is 0 Å². The molecular formula is C17H15N4OPS2. The summed E-state index contributed by atoms with van der Waals surface area (Å²) < 4.78 is 7.07. The molecule has 126 valence electrons. The van der Waals surface area contributed by atoms with Crippen molar-refractivity contribution in [2.24, 2.45) is 0 Å². The Bertz CT molecular complexity index is 986. The third-order valence-electron chi connectivity index (χ3n) is 3.97. The van der Waals surface area contributed by atoms with Gasteiger partial charge in [0.1, 0.15) is 22.9 Å². The second-order valence-electron chi connectivity index (χ2n) is 5.51. The molecule has 0 amide bonds. The van der Waals surface area contributed by atoms with Crippen LogP contribution in [-0.4, -0.2) is 21.9 Å². The Morgan fingerprint density at radius 3 is 2.44 bits per heavy atom. The average Bonchev–Trinajstić information content (AvgIpc) is 3.06. The number of aromatic nitrogens is 2. The number of ether oxygens (including phenoxy) is 1. The van der Waals surface area contributed by atoms with Crippen LogP contribution in [0.3, 0.4) is 0 Å². The van der Waals surface area contributed by atoms with Crippen molar-refractivity contribution in [3.8, 4) is 11.4 Å². The highest BCUT2D eigenvalue weighted by atomic mass is 32.4. The highest BCUT2D eigenvalue weighted by molar-refractivity contribution is 8.18. The maximum absolute atomic E-state index is 5.95. The zero-order valence-electron chi connectivity index (χ0n) is 13.3. The first kappa shape index (κ1) is 16.3. The Balaban J connectivity index is 1.78. The van der Waals surface area contributed by atoms with E-state index in [0.717, 1.165) is 28.1 Å². The van der Waals surface area contributed by atoms with Crippen LogP contribution in [0.15, 0.2) is 60.8 Å². The van der Waals surface area contributed by atoms with Crippen molar-refractivity contribution in [3.63, 3.8) is 0 Å². The van der Waals surface area contributed by atoms with Gasteiger partial charge < -0.3 is 14.9 Å². The minimum atomic E-state index is -2.32. The van der Waals surface area contributed by atoms with Crippen LogP contribution in [-0.2, 0) is 11.8 Å². The van der Waals surface area contributed by atoms with Crippen LogP contribution < -0.4 is 20.2 Å². The second-order valence-corrected chi connectivity index (χ2v) is 9.75. The Hall–Kier alpha value is -2.21. The van der Waals surface area contributed by atoms with Gasteiger partial charge in [-0.3, -0.25) is 0 Å². The fourth-order valence-electron chi connectivity index (χ4n) is 2.69. The molecule has 0 fully saturated rings. The first-order valence-corrected chi connectivity index (χ1v) is 10.8. The summed E-state index contributed by atoms with van der Waals surface area (Å²) in [4.78, 5) is 0.620. The van der Waals surface area contributed by atoms with E-state index in [1.54, 1.807) is 13.3 Å². The summed E-state index contributed by atoms with van der Waals surface area (Å²) in [5, 5.41) is 12.3. The number of para-hydroxylation sites is 1. The van der Waals surface area contributed by atoms with Gasteiger partial charge >= 0.3 is 0 Å². The van der Waals surface area contributed by atoms with Crippen LogP contribution in [0, 0.1) is 0 Å². The standard InChI is InChI=1S/C17H15N4OPS2/c1-22-13-7-9-14(10-8-13)23(25)19-16-15(17(24)20-23)11-18-21(16)12-5-3-2-4-6-12/h2-11H,1H3,(H2,19,20,24,25). The van der Waals surface area contributed by atoms with Crippen LogP contribution >= 0.6 is 18.6 Å². The van der Waals surface area contributed by atoms with Crippen molar-refractivity contribution >= 4 is 46.5 Å². The van der Waals surface area contributed by atoms with Crippen molar-refractivity contribution in [2.45, 2.75) is 0 Å². The minimum absolute atomic E-state index is 0.620. The minimum Gasteiger partial charge on any atom is -0.497 e. The highest BCUT2D eigenvalue weighted by Gasteiger charge is 2.31. The van der Waals surface area contributed by atoms with Gasteiger partial charge in [0.15, 0.2) is 0 Å². The first-order valence-electron chi connectivity index (χ1n) is 7.60. The lowest BCUT2D eigenvalue weighted by molar-refractivity contribution is 0.415. The zero-order chi connectivity index (χ0) is 17.4. The number of anilines is 1. The molecule has 4 rings (SSSR count). The molecular weight excluding hydrogens is 371 g/mol. The van der Waals surface area contributed by atoms with E-state index in [2.05, 4.69) is 15.3 Å². The molecule has 1 aliphatic rings. The number of nitrogens with one attached hydrogen (secondary N) is 2. The Morgan fingerprint density at radius 2 is 1.76 bits per heavy atom. The van der Waals surface area contributed by atoms with E-state index >= 15 is 0 Å². The van der Waals surface area contributed by atoms with Crippen LogP contribution in [0.1, 0.15) is 5.56 Å². The number of nitrogens with zero attached hydrogens (tertiary/aromatic N) is 2. The predicted molar refractivity (Wildman–Crippen MR) is 109 cm³/mol. The van der Waals surface area contributed by atoms with Crippen molar-refractivity contribution in [3.05, 3.63) is 66.4 Å². The molecule has 3 aromatic rings. The molecule has 0 radical (unpaired) electrons. The molecule has 2 heterocycles. The van der Waals surface area contributed by atoms with Crippen molar-refractivity contribution in [1.82, 2.24) is 14.9 Å². The summed E-state index contributed by atoms with van der Waals surface area (Å²) in [6.45, 7) is 0. The molecule has 1 atom stereocenters. The normalized spacial score (nSPS) is 18.8. The summed E-state index contributed by atoms with van der Waals surface area (Å²) in [5.74, 6) is 1.62. The number of hydrogen-bond donors (Lipinski definition) is 2. The van der Waals surface area contributed by atoms with E-state index in [4.69, 9.17) is 28.8 Å². The van der Waals surface area contributed by atoms with Gasteiger partial charge in [-0.25, -0.2) is 4.68 Å². The van der Waals surface area contributed by atoms with E-state index in [9.17, 15) is 0 Å². The second kappa shape index (κ2) is 6.26.